The summed E-state index contributed by atoms with van der Waals surface area (Å²) in [4.78, 5) is 11.9. The zero-order chi connectivity index (χ0) is 15.4. The second-order valence-electron chi connectivity index (χ2n) is 5.90. The minimum Gasteiger partial charge on any atom is -0.464 e. The van der Waals surface area contributed by atoms with Gasteiger partial charge < -0.3 is 10.1 Å². The van der Waals surface area contributed by atoms with Crippen LogP contribution in [0.1, 0.15) is 29.2 Å². The van der Waals surface area contributed by atoms with Crippen molar-refractivity contribution in [2.75, 3.05) is 6.61 Å². The van der Waals surface area contributed by atoms with Crippen LogP contribution >= 0.6 is 0 Å². The topological polar surface area (TPSA) is 38.3 Å². The number of cyclic esters (lactones) is 1. The van der Waals surface area contributed by atoms with Crippen LogP contribution in [-0.2, 0) is 16.0 Å². The number of nitrogens with one attached hydrogen (secondary N) is 1. The number of benzene rings is 2. The van der Waals surface area contributed by atoms with E-state index >= 15 is 0 Å². The van der Waals surface area contributed by atoms with Crippen molar-refractivity contribution in [1.82, 2.24) is 5.32 Å². The maximum absolute atomic E-state index is 11.9. The SMILES string of the molecule is Cc1ccc(C[C@@H]2CC(=O)OC[C@H](c3ccccc3)N2)cc1. The first kappa shape index (κ1) is 14.8. The van der Waals surface area contributed by atoms with Gasteiger partial charge in [-0.15, -0.1) is 0 Å². The Morgan fingerprint density at radius 2 is 1.82 bits per heavy atom. The fourth-order valence-corrected chi connectivity index (χ4v) is 2.85. The molecule has 0 aromatic heterocycles. The second kappa shape index (κ2) is 6.75. The van der Waals surface area contributed by atoms with Crippen molar-refractivity contribution in [3.63, 3.8) is 0 Å². The highest BCUT2D eigenvalue weighted by atomic mass is 16.5. The summed E-state index contributed by atoms with van der Waals surface area (Å²) >= 11 is 0. The predicted octanol–water partition coefficient (Wildman–Crippen LogP) is 3.18. The smallest absolute Gasteiger partial charge is 0.307 e. The molecule has 0 amide bonds. The zero-order valence-electron chi connectivity index (χ0n) is 12.8. The molecule has 1 N–H and O–H groups in total. The second-order valence-corrected chi connectivity index (χ2v) is 5.90. The number of carbonyl (C=O) groups is 1. The van der Waals surface area contributed by atoms with E-state index < -0.39 is 0 Å². The summed E-state index contributed by atoms with van der Waals surface area (Å²) in [5.74, 6) is -0.122. The first-order valence-corrected chi connectivity index (χ1v) is 7.73. The van der Waals surface area contributed by atoms with Gasteiger partial charge >= 0.3 is 5.97 Å². The monoisotopic (exact) mass is 295 g/mol. The van der Waals surface area contributed by atoms with Crippen molar-refractivity contribution in [3.05, 3.63) is 71.3 Å². The highest BCUT2D eigenvalue weighted by Gasteiger charge is 2.25. The summed E-state index contributed by atoms with van der Waals surface area (Å²) in [6.45, 7) is 2.48. The molecule has 3 nitrogen and oxygen atoms in total. The molecule has 1 saturated heterocycles. The fraction of sp³-hybridized carbons (Fsp3) is 0.316. The summed E-state index contributed by atoms with van der Waals surface area (Å²) in [5.41, 5.74) is 3.65. The molecule has 2 aromatic carbocycles. The van der Waals surface area contributed by atoms with Gasteiger partial charge in [0.1, 0.15) is 6.61 Å². The van der Waals surface area contributed by atoms with Crippen molar-refractivity contribution in [2.24, 2.45) is 0 Å². The van der Waals surface area contributed by atoms with Crippen LogP contribution < -0.4 is 5.32 Å². The van der Waals surface area contributed by atoms with E-state index in [1.165, 1.54) is 11.1 Å². The normalized spacial score (nSPS) is 22.0. The molecule has 0 radical (unpaired) electrons. The third kappa shape index (κ3) is 3.74. The molecule has 22 heavy (non-hydrogen) atoms. The standard InChI is InChI=1S/C19H21NO2/c1-14-7-9-15(10-8-14)11-17-12-19(21)22-13-18(20-17)16-5-3-2-4-6-16/h2-10,17-18,20H,11-13H2,1H3/t17-,18-/m1/s1. The van der Waals surface area contributed by atoms with Gasteiger partial charge in [0.25, 0.3) is 0 Å². The molecular formula is C19H21NO2. The van der Waals surface area contributed by atoms with Gasteiger partial charge in [0.2, 0.25) is 0 Å². The van der Waals surface area contributed by atoms with E-state index in [0.29, 0.717) is 13.0 Å². The number of hydrogen-bond donors (Lipinski definition) is 1. The molecular weight excluding hydrogens is 274 g/mol. The molecule has 114 valence electrons. The largest absolute Gasteiger partial charge is 0.464 e. The van der Waals surface area contributed by atoms with E-state index in [2.05, 4.69) is 48.6 Å². The molecule has 1 fully saturated rings. The Labute approximate surface area is 131 Å². The lowest BCUT2D eigenvalue weighted by molar-refractivity contribution is -0.143. The minimum atomic E-state index is -0.122. The van der Waals surface area contributed by atoms with Crippen molar-refractivity contribution in [2.45, 2.75) is 31.8 Å². The van der Waals surface area contributed by atoms with Gasteiger partial charge in [0.15, 0.2) is 0 Å². The summed E-state index contributed by atoms with van der Waals surface area (Å²) in [5, 5.41) is 3.58. The van der Waals surface area contributed by atoms with Gasteiger partial charge in [0, 0.05) is 6.04 Å². The van der Waals surface area contributed by atoms with Crippen molar-refractivity contribution in [1.29, 1.82) is 0 Å². The van der Waals surface area contributed by atoms with Gasteiger partial charge in [0.05, 0.1) is 12.5 Å². The average molecular weight is 295 g/mol. The zero-order valence-corrected chi connectivity index (χ0v) is 12.8. The Kier molecular flexibility index (Phi) is 4.54. The summed E-state index contributed by atoms with van der Waals surface area (Å²) < 4.78 is 5.36. The average Bonchev–Trinajstić information content (AvgIpc) is 2.72. The number of aryl methyl sites for hydroxylation is 1. The van der Waals surface area contributed by atoms with Gasteiger partial charge in [-0.2, -0.15) is 0 Å². The molecule has 2 aromatic rings. The van der Waals surface area contributed by atoms with Gasteiger partial charge in [-0.3, -0.25) is 4.79 Å². The van der Waals surface area contributed by atoms with Gasteiger partial charge in [-0.1, -0.05) is 60.2 Å². The van der Waals surface area contributed by atoms with Crippen LogP contribution in [0.2, 0.25) is 0 Å². The lowest BCUT2D eigenvalue weighted by atomic mass is 10.0. The number of rotatable bonds is 3. The van der Waals surface area contributed by atoms with E-state index in [9.17, 15) is 4.79 Å². The van der Waals surface area contributed by atoms with Crippen LogP contribution in [0, 0.1) is 6.92 Å². The highest BCUT2D eigenvalue weighted by molar-refractivity contribution is 5.70. The molecule has 0 bridgehead atoms. The Morgan fingerprint density at radius 3 is 2.55 bits per heavy atom. The highest BCUT2D eigenvalue weighted by Crippen LogP contribution is 2.20. The molecule has 3 rings (SSSR count). The van der Waals surface area contributed by atoms with Crippen molar-refractivity contribution >= 4 is 5.97 Å². The van der Waals surface area contributed by atoms with E-state index in [4.69, 9.17) is 4.74 Å². The van der Waals surface area contributed by atoms with Crippen LogP contribution in [0.5, 0.6) is 0 Å². The first-order chi connectivity index (χ1) is 10.7. The number of carbonyl (C=O) groups excluding carboxylic acids is 1. The summed E-state index contributed by atoms with van der Waals surface area (Å²) in [7, 11) is 0. The maximum Gasteiger partial charge on any atom is 0.307 e. The van der Waals surface area contributed by atoms with E-state index in [1.807, 2.05) is 18.2 Å². The molecule has 3 heteroatoms. The Morgan fingerprint density at radius 1 is 1.09 bits per heavy atom. The first-order valence-electron chi connectivity index (χ1n) is 7.73. The van der Waals surface area contributed by atoms with Crippen molar-refractivity contribution < 1.29 is 9.53 Å². The van der Waals surface area contributed by atoms with Crippen LogP contribution in [0.4, 0.5) is 0 Å². The maximum atomic E-state index is 11.9. The van der Waals surface area contributed by atoms with E-state index in [1.54, 1.807) is 0 Å². The van der Waals surface area contributed by atoms with E-state index in [-0.39, 0.29) is 18.1 Å². The van der Waals surface area contributed by atoms with Crippen LogP contribution in [0.25, 0.3) is 0 Å². The van der Waals surface area contributed by atoms with Crippen LogP contribution in [0.3, 0.4) is 0 Å². The predicted molar refractivity (Wildman–Crippen MR) is 86.6 cm³/mol. The summed E-state index contributed by atoms with van der Waals surface area (Å²) in [6, 6.07) is 18.8. The number of hydrogen-bond acceptors (Lipinski definition) is 3. The molecule has 0 saturated carbocycles. The number of ether oxygens (including phenoxy) is 1. The van der Waals surface area contributed by atoms with Gasteiger partial charge in [-0.05, 0) is 24.5 Å². The molecule has 1 aliphatic rings. The molecule has 0 aliphatic carbocycles. The summed E-state index contributed by atoms with van der Waals surface area (Å²) in [6.07, 6.45) is 1.25. The molecule has 1 aliphatic heterocycles. The Bertz CT molecular complexity index is 622. The quantitative estimate of drug-likeness (QED) is 0.884. The Hall–Kier alpha value is -2.13. The lowest BCUT2D eigenvalue weighted by Gasteiger charge is -2.21. The van der Waals surface area contributed by atoms with E-state index in [0.717, 1.165) is 12.0 Å². The number of esters is 1. The van der Waals surface area contributed by atoms with Crippen molar-refractivity contribution in [3.8, 4) is 0 Å². The molecule has 0 unspecified atom stereocenters. The molecule has 0 spiro atoms. The molecule has 1 heterocycles. The third-order valence-electron chi connectivity index (χ3n) is 4.07. The molecule has 2 atom stereocenters. The van der Waals surface area contributed by atoms with Crippen LogP contribution in [-0.4, -0.2) is 18.6 Å². The Balaban J connectivity index is 1.74. The third-order valence-corrected chi connectivity index (χ3v) is 4.07. The fourth-order valence-electron chi connectivity index (χ4n) is 2.85. The van der Waals surface area contributed by atoms with Gasteiger partial charge in [-0.25, -0.2) is 0 Å². The minimum absolute atomic E-state index is 0.0584. The lowest BCUT2D eigenvalue weighted by Crippen LogP contribution is -2.34. The van der Waals surface area contributed by atoms with Crippen LogP contribution in [0.15, 0.2) is 54.6 Å².